The predicted octanol–water partition coefficient (Wildman–Crippen LogP) is 10.2. The maximum absolute atomic E-state index is 12.1. The van der Waals surface area contributed by atoms with Crippen LogP contribution in [0.3, 0.4) is 0 Å². The number of esters is 4. The first kappa shape index (κ1) is 47.0. The third-order valence-corrected chi connectivity index (χ3v) is 38.8. The molecule has 60 heavy (non-hydrogen) atoms. The van der Waals surface area contributed by atoms with Crippen molar-refractivity contribution in [3.63, 3.8) is 0 Å². The fourth-order valence-corrected chi connectivity index (χ4v) is 35.6. The minimum absolute atomic E-state index is 0.325. The van der Waals surface area contributed by atoms with Crippen LogP contribution in [0.2, 0.25) is 0 Å². The number of rotatable bonds is 18. The zero-order valence-electron chi connectivity index (χ0n) is 33.2. The molecule has 0 bridgehead atoms. The molecule has 0 saturated carbocycles. The van der Waals surface area contributed by atoms with Crippen LogP contribution in [-0.4, -0.2) is 58.7 Å². The number of hydrogen-bond donors (Lipinski definition) is 0. The van der Waals surface area contributed by atoms with Gasteiger partial charge in [0, 0.05) is 0 Å². The van der Waals surface area contributed by atoms with Crippen LogP contribution in [0.5, 0.6) is 23.0 Å². The Morgan fingerprint density at radius 1 is 0.350 bits per heavy atom. The number of benzene rings is 5. The fraction of sp³-hybridized carbons (Fsp3) is 0.0870. The van der Waals surface area contributed by atoms with Crippen molar-refractivity contribution in [1.29, 1.82) is 0 Å². The summed E-state index contributed by atoms with van der Waals surface area (Å²) in [6, 6.07) is 39.0. The van der Waals surface area contributed by atoms with Crippen molar-refractivity contribution in [3.8, 4) is 23.0 Å². The molecule has 8 nitrogen and oxygen atoms in total. The number of hydrogen-bond acceptors (Lipinski definition) is 12. The van der Waals surface area contributed by atoms with Gasteiger partial charge in [0.25, 0.3) is 0 Å². The summed E-state index contributed by atoms with van der Waals surface area (Å²) >= 11 is -4.97. The van der Waals surface area contributed by atoms with E-state index < -0.39 is 58.7 Å². The van der Waals surface area contributed by atoms with E-state index in [4.69, 9.17) is 18.9 Å². The molecule has 0 fully saturated rings. The molecule has 5 aromatic rings. The molecule has 0 heterocycles. The van der Waals surface area contributed by atoms with Gasteiger partial charge in [-0.05, 0) is 0 Å². The Labute approximate surface area is 375 Å². The standard InChI is InChI=1S/4C10H10O2S.C6H4.2Sb/c4*1-7(2)10(11)12-8-3-5-9(13)6-4-8;1-2-4-6-5-3-1;;/h4*3-6,13H,1H2,2H3;1-2,5-6H;;/q;;;;;2*+2/p-4. The van der Waals surface area contributed by atoms with E-state index in [1.807, 2.05) is 83.9 Å². The van der Waals surface area contributed by atoms with E-state index in [-0.39, 0.29) is 0 Å². The van der Waals surface area contributed by atoms with Crippen molar-refractivity contribution in [1.82, 2.24) is 0 Å². The first-order chi connectivity index (χ1) is 28.6. The van der Waals surface area contributed by atoms with Gasteiger partial charge in [-0.25, -0.2) is 0 Å². The van der Waals surface area contributed by atoms with Crippen molar-refractivity contribution in [2.45, 2.75) is 47.3 Å². The molecule has 0 N–H and O–H groups in total. The molecular weight excluding hydrogens is 1050 g/mol. The van der Waals surface area contributed by atoms with E-state index in [2.05, 4.69) is 50.6 Å². The van der Waals surface area contributed by atoms with E-state index >= 15 is 0 Å². The quantitative estimate of drug-likeness (QED) is 0.0361. The number of carbonyl (C=O) groups excluding carboxylic acids is 4. The predicted molar refractivity (Wildman–Crippen MR) is 248 cm³/mol. The van der Waals surface area contributed by atoms with E-state index in [0.717, 1.165) is 19.6 Å². The molecule has 0 aliphatic rings. The molecule has 5 aromatic carbocycles. The molecule has 0 aromatic heterocycles. The Bertz CT molecular complexity index is 2080. The monoisotopic (exact) mass is 1090 g/mol. The fourth-order valence-electron chi connectivity index (χ4n) is 4.38. The van der Waals surface area contributed by atoms with Crippen LogP contribution in [-0.2, 0) is 19.2 Å². The summed E-state index contributed by atoms with van der Waals surface area (Å²) in [6.45, 7) is 21.1. The van der Waals surface area contributed by atoms with Crippen molar-refractivity contribution in [2.75, 3.05) is 0 Å². The molecule has 0 aliphatic carbocycles. The van der Waals surface area contributed by atoms with Crippen LogP contribution >= 0.6 is 35.4 Å². The molecule has 14 heteroatoms. The minimum atomic E-state index is -2.48. The number of carbonyl (C=O) groups is 4. The molecule has 5 rings (SSSR count). The SMILES string of the molecule is C=C(C)C(=O)Oc1ccc([S][Sb]([S]c2ccc(OC(=O)C(=C)C)cc2)[c]2cc[c]([Sb]([S]c3ccc(OC(=O)C(=C)C)cc3)[S]c3ccc(OC(=O)C(=C)C)cc3)cc2)cc1. The first-order valence-electron chi connectivity index (χ1n) is 18.0. The van der Waals surface area contributed by atoms with Crippen LogP contribution in [0.15, 0.2) is 190 Å². The van der Waals surface area contributed by atoms with Gasteiger partial charge < -0.3 is 0 Å². The van der Waals surface area contributed by atoms with Crippen molar-refractivity contribution < 1.29 is 38.1 Å². The Kier molecular flexibility index (Phi) is 17.8. The molecule has 0 aliphatic heterocycles. The van der Waals surface area contributed by atoms with E-state index in [1.165, 1.54) is 7.02 Å². The van der Waals surface area contributed by atoms with E-state index in [0.29, 0.717) is 45.3 Å². The molecule has 306 valence electrons. The van der Waals surface area contributed by atoms with Gasteiger partial charge in [-0.3, -0.25) is 0 Å². The van der Waals surface area contributed by atoms with Gasteiger partial charge in [-0.2, -0.15) is 0 Å². The van der Waals surface area contributed by atoms with Gasteiger partial charge >= 0.3 is 379 Å². The van der Waals surface area contributed by atoms with Gasteiger partial charge in [0.05, 0.1) is 0 Å². The second-order valence-corrected chi connectivity index (χ2v) is 40.6. The Morgan fingerprint density at radius 3 is 0.700 bits per heavy atom. The summed E-state index contributed by atoms with van der Waals surface area (Å²) in [5.41, 5.74) is 1.30. The molecule has 0 atom stereocenters. The van der Waals surface area contributed by atoms with Crippen LogP contribution < -0.4 is 26.0 Å². The first-order valence-corrected chi connectivity index (χ1v) is 36.1. The van der Waals surface area contributed by atoms with Crippen LogP contribution in [0.1, 0.15) is 27.7 Å². The van der Waals surface area contributed by atoms with Gasteiger partial charge in [0.15, 0.2) is 0 Å². The second kappa shape index (κ2) is 22.7. The molecule has 0 amide bonds. The van der Waals surface area contributed by atoms with Gasteiger partial charge in [-0.15, -0.1) is 0 Å². The number of ether oxygens (including phenoxy) is 4. The molecule has 0 spiro atoms. The summed E-state index contributed by atoms with van der Waals surface area (Å²) in [7, 11) is 7.35. The zero-order chi connectivity index (χ0) is 43.3. The molecule has 0 radical (unpaired) electrons. The van der Waals surface area contributed by atoms with Crippen LogP contribution in [0.4, 0.5) is 0 Å². The summed E-state index contributed by atoms with van der Waals surface area (Å²) in [4.78, 5) is 52.6. The van der Waals surface area contributed by atoms with Crippen LogP contribution in [0, 0.1) is 0 Å². The van der Waals surface area contributed by atoms with E-state index in [9.17, 15) is 19.2 Å². The maximum atomic E-state index is 12.1. The molecular formula is C46H40O8S4Sb2. The normalized spacial score (nSPS) is 10.8. The van der Waals surface area contributed by atoms with Crippen molar-refractivity contribution in [2.24, 2.45) is 0 Å². The Morgan fingerprint density at radius 2 is 0.533 bits per heavy atom. The van der Waals surface area contributed by atoms with Crippen molar-refractivity contribution in [3.05, 3.63) is 170 Å². The average Bonchev–Trinajstić information content (AvgIpc) is 3.23. The topological polar surface area (TPSA) is 105 Å². The van der Waals surface area contributed by atoms with Gasteiger partial charge in [0.1, 0.15) is 0 Å². The summed E-state index contributed by atoms with van der Waals surface area (Å²) in [5, 5.41) is 0. The summed E-state index contributed by atoms with van der Waals surface area (Å²) < 4.78 is 24.2. The molecule has 0 saturated heterocycles. The molecule has 0 unspecified atom stereocenters. The van der Waals surface area contributed by atoms with Gasteiger partial charge in [0.2, 0.25) is 0 Å². The average molecular weight is 1090 g/mol. The second-order valence-electron chi connectivity index (χ2n) is 13.0. The van der Waals surface area contributed by atoms with Gasteiger partial charge in [-0.1, -0.05) is 0 Å². The third-order valence-electron chi connectivity index (χ3n) is 7.56. The Hall–Kier alpha value is -4.02. The van der Waals surface area contributed by atoms with E-state index in [1.54, 1.807) is 76.2 Å². The summed E-state index contributed by atoms with van der Waals surface area (Å²) in [6.07, 6.45) is 0. The van der Waals surface area contributed by atoms with Crippen molar-refractivity contribution >= 4 is 101 Å². The summed E-state index contributed by atoms with van der Waals surface area (Å²) in [5.74, 6) is -0.0902. The zero-order valence-corrected chi connectivity index (χ0v) is 41.5. The third kappa shape index (κ3) is 14.6. The Balaban J connectivity index is 1.42. The van der Waals surface area contributed by atoms with Crippen LogP contribution in [0.25, 0.3) is 0 Å².